The highest BCUT2D eigenvalue weighted by Gasteiger charge is 2.53. The molecule has 1 saturated carbocycles. The first kappa shape index (κ1) is 16.7. The van der Waals surface area contributed by atoms with Gasteiger partial charge in [-0.05, 0) is 36.4 Å². The standard InChI is InChI=1S/C19H18N2O4S/c1-23-13-6-5-12(10-14(13)24-2)20-18(22)19(7-8-19)17-11-15(25-21-17)16-4-3-9-26-16/h3-6,9-11H,7-8H2,1-2H3,(H,20,22). The molecular weight excluding hydrogens is 352 g/mol. The molecule has 3 aromatic rings. The lowest BCUT2D eigenvalue weighted by molar-refractivity contribution is -0.118. The molecule has 0 unspecified atom stereocenters. The third-order valence-corrected chi connectivity index (χ3v) is 5.47. The van der Waals surface area contributed by atoms with E-state index in [1.165, 1.54) is 0 Å². The second-order valence-corrected chi connectivity index (χ2v) is 7.11. The zero-order chi connectivity index (χ0) is 18.1. The van der Waals surface area contributed by atoms with Crippen molar-refractivity contribution in [2.24, 2.45) is 0 Å². The van der Waals surface area contributed by atoms with Gasteiger partial charge in [0, 0.05) is 17.8 Å². The summed E-state index contributed by atoms with van der Waals surface area (Å²) in [5.74, 6) is 1.79. The minimum Gasteiger partial charge on any atom is -0.493 e. The summed E-state index contributed by atoms with van der Waals surface area (Å²) in [5, 5.41) is 9.10. The molecule has 26 heavy (non-hydrogen) atoms. The number of methoxy groups -OCH3 is 2. The van der Waals surface area contributed by atoms with Gasteiger partial charge in [-0.1, -0.05) is 11.2 Å². The van der Waals surface area contributed by atoms with Crippen LogP contribution in [0.25, 0.3) is 10.6 Å². The molecule has 4 rings (SSSR count). The van der Waals surface area contributed by atoms with Gasteiger partial charge in [0.25, 0.3) is 0 Å². The third-order valence-electron chi connectivity index (χ3n) is 4.59. The van der Waals surface area contributed by atoms with Crippen LogP contribution in [0.5, 0.6) is 11.5 Å². The molecule has 0 saturated heterocycles. The first-order valence-electron chi connectivity index (χ1n) is 8.21. The zero-order valence-corrected chi connectivity index (χ0v) is 15.3. The molecule has 1 aliphatic carbocycles. The molecule has 1 N–H and O–H groups in total. The van der Waals surface area contributed by atoms with Crippen LogP contribution >= 0.6 is 11.3 Å². The molecule has 1 fully saturated rings. The van der Waals surface area contributed by atoms with Gasteiger partial charge in [-0.3, -0.25) is 4.79 Å². The predicted molar refractivity (Wildman–Crippen MR) is 98.9 cm³/mol. The Morgan fingerprint density at radius 2 is 2.00 bits per heavy atom. The van der Waals surface area contributed by atoms with E-state index in [4.69, 9.17) is 14.0 Å². The number of hydrogen-bond acceptors (Lipinski definition) is 6. The number of benzene rings is 1. The number of aromatic nitrogens is 1. The Hall–Kier alpha value is -2.80. The summed E-state index contributed by atoms with van der Waals surface area (Å²) in [6, 6.07) is 11.1. The monoisotopic (exact) mass is 370 g/mol. The summed E-state index contributed by atoms with van der Waals surface area (Å²) in [7, 11) is 3.14. The number of anilines is 1. The van der Waals surface area contributed by atoms with Gasteiger partial charge < -0.3 is 19.3 Å². The second kappa shape index (κ2) is 6.49. The fourth-order valence-electron chi connectivity index (χ4n) is 2.92. The molecule has 6 nitrogen and oxygen atoms in total. The van der Waals surface area contributed by atoms with Crippen molar-refractivity contribution in [3.8, 4) is 22.1 Å². The minimum absolute atomic E-state index is 0.0873. The van der Waals surface area contributed by atoms with Crippen LogP contribution in [0, 0.1) is 0 Å². The molecular formula is C19H18N2O4S. The summed E-state index contributed by atoms with van der Waals surface area (Å²) < 4.78 is 16.0. The fourth-order valence-corrected chi connectivity index (χ4v) is 3.60. The third kappa shape index (κ3) is 2.84. The molecule has 2 aromatic heterocycles. The van der Waals surface area contributed by atoms with Gasteiger partial charge in [0.1, 0.15) is 0 Å². The molecule has 7 heteroatoms. The highest BCUT2D eigenvalue weighted by molar-refractivity contribution is 7.13. The normalized spacial score (nSPS) is 14.7. The number of carbonyl (C=O) groups is 1. The maximum absolute atomic E-state index is 12.9. The van der Waals surface area contributed by atoms with Crippen LogP contribution in [0.15, 0.2) is 46.3 Å². The van der Waals surface area contributed by atoms with E-state index < -0.39 is 5.41 Å². The predicted octanol–water partition coefficient (Wildman–Crippen LogP) is 4.09. The van der Waals surface area contributed by atoms with E-state index in [1.807, 2.05) is 23.6 Å². The molecule has 0 bridgehead atoms. The number of nitrogens with zero attached hydrogens (tertiary/aromatic N) is 1. The topological polar surface area (TPSA) is 73.6 Å². The summed E-state index contributed by atoms with van der Waals surface area (Å²) >= 11 is 1.58. The van der Waals surface area contributed by atoms with Crippen LogP contribution in [0.4, 0.5) is 5.69 Å². The van der Waals surface area contributed by atoms with Gasteiger partial charge in [0.2, 0.25) is 5.91 Å². The van der Waals surface area contributed by atoms with Gasteiger partial charge >= 0.3 is 0 Å². The number of thiophene rings is 1. The van der Waals surface area contributed by atoms with Crippen molar-refractivity contribution in [1.29, 1.82) is 0 Å². The van der Waals surface area contributed by atoms with Gasteiger partial charge in [-0.2, -0.15) is 0 Å². The number of nitrogens with one attached hydrogen (secondary N) is 1. The van der Waals surface area contributed by atoms with E-state index >= 15 is 0 Å². The average molecular weight is 370 g/mol. The Balaban J connectivity index is 1.55. The molecule has 134 valence electrons. The maximum Gasteiger partial charge on any atom is 0.236 e. The summed E-state index contributed by atoms with van der Waals surface area (Å²) in [6.45, 7) is 0. The van der Waals surface area contributed by atoms with Crippen LogP contribution in [0.3, 0.4) is 0 Å². The van der Waals surface area contributed by atoms with Crippen molar-refractivity contribution in [3.05, 3.63) is 47.5 Å². The number of amides is 1. The van der Waals surface area contributed by atoms with Crippen LogP contribution < -0.4 is 14.8 Å². The molecule has 0 spiro atoms. The van der Waals surface area contributed by atoms with Gasteiger partial charge in [0.05, 0.1) is 30.2 Å². The van der Waals surface area contributed by atoms with Crippen molar-refractivity contribution in [1.82, 2.24) is 5.16 Å². The minimum atomic E-state index is -0.619. The average Bonchev–Trinajstić information content (AvgIpc) is 3.08. The SMILES string of the molecule is COc1ccc(NC(=O)C2(c3cc(-c4cccs4)on3)CC2)cc1OC. The maximum atomic E-state index is 12.9. The lowest BCUT2D eigenvalue weighted by Crippen LogP contribution is -2.28. The highest BCUT2D eigenvalue weighted by atomic mass is 32.1. The Bertz CT molecular complexity index is 929. The smallest absolute Gasteiger partial charge is 0.236 e. The van der Waals surface area contributed by atoms with E-state index in [1.54, 1.807) is 43.8 Å². The van der Waals surface area contributed by atoms with E-state index in [9.17, 15) is 4.79 Å². The van der Waals surface area contributed by atoms with Crippen molar-refractivity contribution in [2.75, 3.05) is 19.5 Å². The fraction of sp³-hybridized carbons (Fsp3) is 0.263. The van der Waals surface area contributed by atoms with Gasteiger partial charge in [-0.15, -0.1) is 11.3 Å². The quantitative estimate of drug-likeness (QED) is 0.707. The molecule has 1 aromatic carbocycles. The number of ether oxygens (including phenoxy) is 2. The number of carbonyl (C=O) groups excluding carboxylic acids is 1. The van der Waals surface area contributed by atoms with Crippen LogP contribution in [0.1, 0.15) is 18.5 Å². The summed E-state index contributed by atoms with van der Waals surface area (Å²) in [5.41, 5.74) is 0.714. The van der Waals surface area contributed by atoms with E-state index in [2.05, 4.69) is 10.5 Å². The first-order chi connectivity index (χ1) is 12.7. The second-order valence-electron chi connectivity index (χ2n) is 6.16. The molecule has 1 aliphatic rings. The van der Waals surface area contributed by atoms with Crippen molar-refractivity contribution in [2.45, 2.75) is 18.3 Å². The van der Waals surface area contributed by atoms with Crippen LogP contribution in [0.2, 0.25) is 0 Å². The molecule has 2 heterocycles. The zero-order valence-electron chi connectivity index (χ0n) is 14.4. The van der Waals surface area contributed by atoms with Gasteiger partial charge in [-0.25, -0.2) is 0 Å². The van der Waals surface area contributed by atoms with E-state index in [0.717, 1.165) is 17.7 Å². The van der Waals surface area contributed by atoms with Crippen molar-refractivity contribution in [3.63, 3.8) is 0 Å². The van der Waals surface area contributed by atoms with Crippen LogP contribution in [-0.4, -0.2) is 25.3 Å². The molecule has 0 atom stereocenters. The Kier molecular flexibility index (Phi) is 4.16. The molecule has 1 amide bonds. The molecule has 0 radical (unpaired) electrons. The largest absolute Gasteiger partial charge is 0.493 e. The van der Waals surface area contributed by atoms with Gasteiger partial charge in [0.15, 0.2) is 17.3 Å². The summed E-state index contributed by atoms with van der Waals surface area (Å²) in [4.78, 5) is 13.9. The first-order valence-corrected chi connectivity index (χ1v) is 9.09. The molecule has 0 aliphatic heterocycles. The Morgan fingerprint density at radius 1 is 1.19 bits per heavy atom. The number of hydrogen-bond donors (Lipinski definition) is 1. The summed E-state index contributed by atoms with van der Waals surface area (Å²) in [6.07, 6.45) is 1.51. The Labute approximate surface area is 154 Å². The Morgan fingerprint density at radius 3 is 2.65 bits per heavy atom. The highest BCUT2D eigenvalue weighted by Crippen LogP contribution is 2.49. The van der Waals surface area contributed by atoms with Crippen molar-refractivity contribution >= 4 is 22.9 Å². The number of rotatable bonds is 6. The van der Waals surface area contributed by atoms with E-state index in [-0.39, 0.29) is 5.91 Å². The van der Waals surface area contributed by atoms with Crippen molar-refractivity contribution < 1.29 is 18.8 Å². The van der Waals surface area contributed by atoms with Crippen LogP contribution in [-0.2, 0) is 10.2 Å². The lowest BCUT2D eigenvalue weighted by Gasteiger charge is -2.14. The lowest BCUT2D eigenvalue weighted by atomic mass is 10.0. The van der Waals surface area contributed by atoms with E-state index in [0.29, 0.717) is 28.6 Å².